The fraction of sp³-hybridized carbons (Fsp3) is 0.240. The number of benzene rings is 2. The van der Waals surface area contributed by atoms with Crippen LogP contribution in [0.4, 0.5) is 22.9 Å². The van der Waals surface area contributed by atoms with Crippen molar-refractivity contribution >= 4 is 46.3 Å². The van der Waals surface area contributed by atoms with Gasteiger partial charge in [-0.1, -0.05) is 11.6 Å². The van der Waals surface area contributed by atoms with E-state index in [1.165, 1.54) is 0 Å². The second-order valence-electron chi connectivity index (χ2n) is 8.05. The van der Waals surface area contributed by atoms with Crippen molar-refractivity contribution < 1.29 is 14.3 Å². The van der Waals surface area contributed by atoms with Crippen molar-refractivity contribution in [1.82, 2.24) is 4.98 Å². The number of anilines is 4. The normalized spacial score (nSPS) is 13.3. The van der Waals surface area contributed by atoms with Crippen molar-refractivity contribution in [3.8, 4) is 0 Å². The molecule has 1 fully saturated rings. The lowest BCUT2D eigenvalue weighted by Gasteiger charge is -2.27. The first-order valence-corrected chi connectivity index (χ1v) is 11.3. The predicted molar refractivity (Wildman–Crippen MR) is 135 cm³/mol. The van der Waals surface area contributed by atoms with E-state index in [1.807, 2.05) is 43.3 Å². The van der Waals surface area contributed by atoms with Crippen LogP contribution in [0.5, 0.6) is 0 Å². The Morgan fingerprint density at radius 2 is 1.62 bits per heavy atom. The van der Waals surface area contributed by atoms with E-state index in [0.717, 1.165) is 24.6 Å². The van der Waals surface area contributed by atoms with E-state index >= 15 is 0 Å². The molecule has 0 bridgehead atoms. The maximum Gasteiger partial charge on any atom is 0.257 e. The maximum absolute atomic E-state index is 12.9. The molecular formula is C25H26ClN5O3. The van der Waals surface area contributed by atoms with Crippen molar-refractivity contribution in [1.29, 1.82) is 0 Å². The molecule has 1 aromatic heterocycles. The van der Waals surface area contributed by atoms with Gasteiger partial charge < -0.3 is 25.2 Å². The molecule has 176 valence electrons. The first kappa shape index (κ1) is 23.5. The number of hydrogen-bond donors (Lipinski definition) is 2. The van der Waals surface area contributed by atoms with Gasteiger partial charge in [-0.2, -0.15) is 0 Å². The fourth-order valence-electron chi connectivity index (χ4n) is 3.55. The molecular weight excluding hydrogens is 454 g/mol. The number of aromatic nitrogens is 1. The summed E-state index contributed by atoms with van der Waals surface area (Å²) in [7, 11) is 3.89. The first-order valence-electron chi connectivity index (χ1n) is 10.9. The van der Waals surface area contributed by atoms with Crippen LogP contribution < -0.4 is 20.4 Å². The summed E-state index contributed by atoms with van der Waals surface area (Å²) in [6.45, 7) is 2.72. The highest BCUT2D eigenvalue weighted by atomic mass is 35.5. The molecule has 9 heteroatoms. The van der Waals surface area contributed by atoms with Crippen LogP contribution >= 0.6 is 11.6 Å². The summed E-state index contributed by atoms with van der Waals surface area (Å²) >= 11 is 6.28. The summed E-state index contributed by atoms with van der Waals surface area (Å²) in [6, 6.07) is 15.7. The molecule has 0 radical (unpaired) electrons. The molecule has 2 amide bonds. The molecule has 0 aliphatic carbocycles. The highest BCUT2D eigenvalue weighted by Gasteiger charge is 2.16. The van der Waals surface area contributed by atoms with E-state index in [2.05, 4.69) is 20.5 Å². The minimum absolute atomic E-state index is 0.264. The van der Waals surface area contributed by atoms with Crippen molar-refractivity contribution in [3.63, 3.8) is 0 Å². The van der Waals surface area contributed by atoms with E-state index < -0.39 is 0 Å². The summed E-state index contributed by atoms with van der Waals surface area (Å²) in [5.74, 6) is 0.0643. The van der Waals surface area contributed by atoms with Crippen molar-refractivity contribution in [2.45, 2.75) is 0 Å². The highest BCUT2D eigenvalue weighted by molar-refractivity contribution is 6.34. The Hall–Kier alpha value is -3.62. The lowest BCUT2D eigenvalue weighted by Crippen LogP contribution is -2.36. The Morgan fingerprint density at radius 1 is 0.941 bits per heavy atom. The predicted octanol–water partition coefficient (Wildman–Crippen LogP) is 4.14. The standard InChI is InChI=1S/C25H26ClN5O3/c1-30(2)20-6-3-18(4-7-20)28-25(33)21-16-19(5-8-22(21)26)29-24(32)17-9-10-27-23(15-17)31-11-13-34-14-12-31/h3-10,15-16H,11-14H2,1-2H3,(H,28,33)(H,29,32). The first-order chi connectivity index (χ1) is 16.4. The molecule has 2 aromatic carbocycles. The van der Waals surface area contributed by atoms with Gasteiger partial charge in [-0.05, 0) is 54.6 Å². The lowest BCUT2D eigenvalue weighted by atomic mass is 10.1. The van der Waals surface area contributed by atoms with Crippen LogP contribution in [0.1, 0.15) is 20.7 Å². The second-order valence-corrected chi connectivity index (χ2v) is 8.45. The van der Waals surface area contributed by atoms with Gasteiger partial charge in [0, 0.05) is 56.0 Å². The van der Waals surface area contributed by atoms with Gasteiger partial charge >= 0.3 is 0 Å². The number of rotatable bonds is 6. The van der Waals surface area contributed by atoms with Gasteiger partial charge in [0.1, 0.15) is 5.82 Å². The molecule has 34 heavy (non-hydrogen) atoms. The largest absolute Gasteiger partial charge is 0.378 e. The number of nitrogens with zero attached hydrogens (tertiary/aromatic N) is 3. The summed E-state index contributed by atoms with van der Waals surface area (Å²) < 4.78 is 5.38. The zero-order valence-corrected chi connectivity index (χ0v) is 19.8. The van der Waals surface area contributed by atoms with Gasteiger partial charge in [0.25, 0.3) is 11.8 Å². The number of halogens is 1. The van der Waals surface area contributed by atoms with Gasteiger partial charge in [-0.25, -0.2) is 4.98 Å². The van der Waals surface area contributed by atoms with Gasteiger partial charge in [0.05, 0.1) is 23.8 Å². The van der Waals surface area contributed by atoms with Crippen LogP contribution in [0.2, 0.25) is 5.02 Å². The van der Waals surface area contributed by atoms with Gasteiger partial charge in [-0.3, -0.25) is 9.59 Å². The Kier molecular flexibility index (Phi) is 7.30. The second kappa shape index (κ2) is 10.5. The fourth-order valence-corrected chi connectivity index (χ4v) is 3.75. The van der Waals surface area contributed by atoms with Gasteiger partial charge in [-0.15, -0.1) is 0 Å². The van der Waals surface area contributed by atoms with E-state index in [9.17, 15) is 9.59 Å². The zero-order valence-electron chi connectivity index (χ0n) is 19.0. The van der Waals surface area contributed by atoms with Crippen LogP contribution in [-0.2, 0) is 4.74 Å². The Bertz CT molecular complexity index is 1180. The molecule has 1 aliphatic rings. The topological polar surface area (TPSA) is 86.8 Å². The number of carbonyl (C=O) groups is 2. The van der Waals surface area contributed by atoms with Gasteiger partial charge in [0.15, 0.2) is 0 Å². The Balaban J connectivity index is 1.46. The maximum atomic E-state index is 12.9. The van der Waals surface area contributed by atoms with Crippen LogP contribution in [0.25, 0.3) is 0 Å². The van der Waals surface area contributed by atoms with Crippen molar-refractivity contribution in [2.24, 2.45) is 0 Å². The monoisotopic (exact) mass is 479 g/mol. The molecule has 3 aromatic rings. The van der Waals surface area contributed by atoms with Crippen molar-refractivity contribution in [2.75, 3.05) is 60.8 Å². The number of carbonyl (C=O) groups excluding carboxylic acids is 2. The number of hydrogen-bond acceptors (Lipinski definition) is 6. The average molecular weight is 480 g/mol. The molecule has 0 spiro atoms. The number of ether oxygens (including phenoxy) is 1. The van der Waals surface area contributed by atoms with Crippen molar-refractivity contribution in [3.05, 3.63) is 76.9 Å². The summed E-state index contributed by atoms with van der Waals surface area (Å²) in [5, 5.41) is 5.97. The summed E-state index contributed by atoms with van der Waals surface area (Å²) in [6.07, 6.45) is 1.61. The Labute approximate surface area is 203 Å². The van der Waals surface area contributed by atoms with Gasteiger partial charge in [0.2, 0.25) is 0 Å². The van der Waals surface area contributed by atoms with E-state index in [1.54, 1.807) is 36.5 Å². The third kappa shape index (κ3) is 5.65. The summed E-state index contributed by atoms with van der Waals surface area (Å²) in [4.78, 5) is 34.1. The quantitative estimate of drug-likeness (QED) is 0.552. The molecule has 1 aliphatic heterocycles. The number of morpholine rings is 1. The number of amides is 2. The van der Waals surface area contributed by atoms with E-state index in [4.69, 9.17) is 16.3 Å². The van der Waals surface area contributed by atoms with Crippen LogP contribution in [0, 0.1) is 0 Å². The molecule has 2 N–H and O–H groups in total. The number of nitrogens with one attached hydrogen (secondary N) is 2. The van der Waals surface area contributed by atoms with E-state index in [0.29, 0.717) is 35.2 Å². The highest BCUT2D eigenvalue weighted by Crippen LogP contribution is 2.24. The smallest absolute Gasteiger partial charge is 0.257 e. The Morgan fingerprint density at radius 3 is 2.32 bits per heavy atom. The number of pyridine rings is 1. The van der Waals surface area contributed by atoms with Crippen LogP contribution in [0.3, 0.4) is 0 Å². The summed E-state index contributed by atoms with van der Waals surface area (Å²) in [5.41, 5.74) is 2.87. The third-order valence-corrected chi connectivity index (χ3v) is 5.78. The molecule has 2 heterocycles. The molecule has 8 nitrogen and oxygen atoms in total. The van der Waals surface area contributed by atoms with Crippen LogP contribution in [0.15, 0.2) is 60.8 Å². The molecule has 0 unspecified atom stereocenters. The lowest BCUT2D eigenvalue weighted by molar-refractivity contribution is 0.101. The van der Waals surface area contributed by atoms with Crippen LogP contribution in [-0.4, -0.2) is 57.2 Å². The molecule has 0 saturated carbocycles. The molecule has 4 rings (SSSR count). The zero-order chi connectivity index (χ0) is 24.1. The minimum atomic E-state index is -0.364. The third-order valence-electron chi connectivity index (χ3n) is 5.45. The minimum Gasteiger partial charge on any atom is -0.378 e. The van der Waals surface area contributed by atoms with E-state index in [-0.39, 0.29) is 17.4 Å². The average Bonchev–Trinajstić information content (AvgIpc) is 2.86. The SMILES string of the molecule is CN(C)c1ccc(NC(=O)c2cc(NC(=O)c3ccnc(N4CCOCC4)c3)ccc2Cl)cc1. The molecule has 0 atom stereocenters. The molecule has 1 saturated heterocycles.